The molecule has 1 aromatic carbocycles. The summed E-state index contributed by atoms with van der Waals surface area (Å²) in [6, 6.07) is 3.58. The summed E-state index contributed by atoms with van der Waals surface area (Å²) in [5.41, 5.74) is 0.621. The van der Waals surface area contributed by atoms with Crippen molar-refractivity contribution in [3.63, 3.8) is 0 Å². The van der Waals surface area contributed by atoms with Crippen molar-refractivity contribution >= 4 is 17.3 Å². The minimum atomic E-state index is -0.550. The van der Waals surface area contributed by atoms with Gasteiger partial charge in [0.2, 0.25) is 0 Å². The smallest absolute Gasteiger partial charge is 0.191 e. The van der Waals surface area contributed by atoms with Crippen LogP contribution >= 0.6 is 11.3 Å². The zero-order chi connectivity index (χ0) is 18.1. The molecule has 0 aliphatic heterocycles. The quantitative estimate of drug-likeness (QED) is 0.557. The molecule has 2 aromatic rings. The van der Waals surface area contributed by atoms with Crippen LogP contribution in [0.4, 0.5) is 8.78 Å². The SMILES string of the molecule is CCNC(=NCCc1ncc(CC)s1)NCCc1cc(F)cc(F)c1. The number of aromatic nitrogens is 1. The summed E-state index contributed by atoms with van der Waals surface area (Å²) in [7, 11) is 0. The van der Waals surface area contributed by atoms with E-state index in [2.05, 4.69) is 27.5 Å². The van der Waals surface area contributed by atoms with Crippen molar-refractivity contribution in [2.75, 3.05) is 19.6 Å². The summed E-state index contributed by atoms with van der Waals surface area (Å²) in [6.45, 7) is 6.05. The number of halogens is 2. The number of rotatable bonds is 8. The van der Waals surface area contributed by atoms with Crippen LogP contribution in [0.5, 0.6) is 0 Å². The maximum Gasteiger partial charge on any atom is 0.191 e. The second-order valence-corrected chi connectivity index (χ2v) is 6.74. The van der Waals surface area contributed by atoms with Gasteiger partial charge in [-0.2, -0.15) is 0 Å². The first-order valence-corrected chi connectivity index (χ1v) is 9.33. The van der Waals surface area contributed by atoms with E-state index in [9.17, 15) is 8.78 Å². The lowest BCUT2D eigenvalue weighted by molar-refractivity contribution is 0.579. The molecule has 0 bridgehead atoms. The first-order chi connectivity index (χ1) is 12.1. The molecule has 2 rings (SSSR count). The van der Waals surface area contributed by atoms with Gasteiger partial charge in [-0.05, 0) is 37.5 Å². The normalized spacial score (nSPS) is 11.6. The molecule has 1 aromatic heterocycles. The summed E-state index contributed by atoms with van der Waals surface area (Å²) < 4.78 is 26.4. The minimum absolute atomic E-state index is 0.519. The second-order valence-electron chi connectivity index (χ2n) is 5.54. The van der Waals surface area contributed by atoms with E-state index < -0.39 is 11.6 Å². The van der Waals surface area contributed by atoms with Crippen molar-refractivity contribution in [1.82, 2.24) is 15.6 Å². The highest BCUT2D eigenvalue weighted by atomic mass is 32.1. The van der Waals surface area contributed by atoms with Crippen LogP contribution in [0.15, 0.2) is 29.4 Å². The molecule has 0 spiro atoms. The first kappa shape index (κ1) is 19.3. The van der Waals surface area contributed by atoms with Gasteiger partial charge < -0.3 is 10.6 Å². The van der Waals surface area contributed by atoms with Crippen LogP contribution in [0.2, 0.25) is 0 Å². The maximum atomic E-state index is 13.2. The average Bonchev–Trinajstić information content (AvgIpc) is 3.02. The summed E-state index contributed by atoms with van der Waals surface area (Å²) in [6.07, 6.45) is 4.25. The van der Waals surface area contributed by atoms with Gasteiger partial charge >= 0.3 is 0 Å². The molecule has 2 N–H and O–H groups in total. The largest absolute Gasteiger partial charge is 0.357 e. The van der Waals surface area contributed by atoms with Crippen molar-refractivity contribution < 1.29 is 8.78 Å². The Kier molecular flexibility index (Phi) is 7.78. The third-order valence-corrected chi connectivity index (χ3v) is 4.72. The fraction of sp³-hybridized carbons (Fsp3) is 0.444. The molecule has 25 heavy (non-hydrogen) atoms. The monoisotopic (exact) mass is 366 g/mol. The Morgan fingerprint density at radius 2 is 1.88 bits per heavy atom. The van der Waals surface area contributed by atoms with E-state index in [1.54, 1.807) is 11.3 Å². The van der Waals surface area contributed by atoms with E-state index in [-0.39, 0.29) is 0 Å². The van der Waals surface area contributed by atoms with E-state index in [1.807, 2.05) is 13.1 Å². The van der Waals surface area contributed by atoms with Gasteiger partial charge in [0, 0.05) is 43.2 Å². The highest BCUT2D eigenvalue weighted by molar-refractivity contribution is 7.11. The molecule has 0 aliphatic carbocycles. The molecule has 0 saturated heterocycles. The summed E-state index contributed by atoms with van der Waals surface area (Å²) in [4.78, 5) is 10.2. The zero-order valence-corrected chi connectivity index (χ0v) is 15.4. The van der Waals surface area contributed by atoms with Crippen LogP contribution < -0.4 is 10.6 Å². The number of thiazole rings is 1. The molecule has 0 aliphatic rings. The fourth-order valence-corrected chi connectivity index (χ4v) is 3.16. The van der Waals surface area contributed by atoms with E-state index in [0.717, 1.165) is 30.5 Å². The molecule has 0 radical (unpaired) electrons. The van der Waals surface area contributed by atoms with Gasteiger partial charge in [0.25, 0.3) is 0 Å². The first-order valence-electron chi connectivity index (χ1n) is 8.51. The van der Waals surface area contributed by atoms with Crippen LogP contribution in [0.3, 0.4) is 0 Å². The Morgan fingerprint density at radius 3 is 2.52 bits per heavy atom. The number of nitrogens with one attached hydrogen (secondary N) is 2. The van der Waals surface area contributed by atoms with Crippen molar-refractivity contribution in [3.05, 3.63) is 51.5 Å². The Hall–Kier alpha value is -2.02. The number of nitrogens with zero attached hydrogens (tertiary/aromatic N) is 2. The predicted octanol–water partition coefficient (Wildman–Crippen LogP) is 3.32. The molecular weight excluding hydrogens is 342 g/mol. The van der Waals surface area contributed by atoms with Gasteiger partial charge in [-0.15, -0.1) is 11.3 Å². The Bertz CT molecular complexity index is 680. The lowest BCUT2D eigenvalue weighted by atomic mass is 10.1. The number of hydrogen-bond acceptors (Lipinski definition) is 3. The molecule has 0 atom stereocenters. The van der Waals surface area contributed by atoms with E-state index >= 15 is 0 Å². The molecule has 0 unspecified atom stereocenters. The third kappa shape index (κ3) is 6.78. The van der Waals surface area contributed by atoms with E-state index in [0.29, 0.717) is 31.0 Å². The van der Waals surface area contributed by atoms with Crippen LogP contribution in [0, 0.1) is 11.6 Å². The summed E-state index contributed by atoms with van der Waals surface area (Å²) in [5, 5.41) is 7.45. The lowest BCUT2D eigenvalue weighted by Crippen LogP contribution is -2.38. The van der Waals surface area contributed by atoms with Crippen molar-refractivity contribution in [2.24, 2.45) is 4.99 Å². The highest BCUT2D eigenvalue weighted by Crippen LogP contribution is 2.13. The van der Waals surface area contributed by atoms with E-state index in [4.69, 9.17) is 0 Å². The van der Waals surface area contributed by atoms with Gasteiger partial charge in [-0.25, -0.2) is 13.8 Å². The standard InChI is InChI=1S/C18H24F2N4S/c1-3-16-12-24-17(25-16)6-8-23-18(21-4-2)22-7-5-13-9-14(19)11-15(20)10-13/h9-12H,3-8H2,1-2H3,(H2,21,22,23). The molecule has 4 nitrogen and oxygen atoms in total. The van der Waals surface area contributed by atoms with Crippen LogP contribution in [-0.2, 0) is 19.3 Å². The summed E-state index contributed by atoms with van der Waals surface area (Å²) in [5.74, 6) is -0.400. The fourth-order valence-electron chi connectivity index (χ4n) is 2.31. The van der Waals surface area contributed by atoms with Crippen molar-refractivity contribution in [1.29, 1.82) is 0 Å². The van der Waals surface area contributed by atoms with Gasteiger partial charge in [-0.1, -0.05) is 6.92 Å². The maximum absolute atomic E-state index is 13.2. The van der Waals surface area contributed by atoms with Gasteiger partial charge in [0.1, 0.15) is 11.6 Å². The van der Waals surface area contributed by atoms with E-state index in [1.165, 1.54) is 17.0 Å². The summed E-state index contributed by atoms with van der Waals surface area (Å²) >= 11 is 1.72. The number of aryl methyl sites for hydroxylation is 1. The Balaban J connectivity index is 1.82. The minimum Gasteiger partial charge on any atom is -0.357 e. The Labute approximate surface area is 151 Å². The number of aliphatic imine (C=N–C) groups is 1. The van der Waals surface area contributed by atoms with Gasteiger partial charge in [0.05, 0.1) is 5.01 Å². The van der Waals surface area contributed by atoms with Gasteiger partial charge in [0.15, 0.2) is 5.96 Å². The topological polar surface area (TPSA) is 49.3 Å². The van der Waals surface area contributed by atoms with Crippen LogP contribution in [-0.4, -0.2) is 30.6 Å². The third-order valence-electron chi connectivity index (χ3n) is 3.52. The Morgan fingerprint density at radius 1 is 1.12 bits per heavy atom. The zero-order valence-electron chi connectivity index (χ0n) is 14.6. The highest BCUT2D eigenvalue weighted by Gasteiger charge is 2.03. The number of guanidine groups is 1. The second kappa shape index (κ2) is 10.1. The molecule has 7 heteroatoms. The molecule has 0 saturated carbocycles. The average molecular weight is 366 g/mol. The lowest BCUT2D eigenvalue weighted by Gasteiger charge is -2.11. The molecule has 1 heterocycles. The number of benzene rings is 1. The molecule has 0 amide bonds. The molecule has 0 fully saturated rings. The van der Waals surface area contributed by atoms with Crippen molar-refractivity contribution in [2.45, 2.75) is 33.1 Å². The number of hydrogen-bond donors (Lipinski definition) is 2. The van der Waals surface area contributed by atoms with Crippen molar-refractivity contribution in [3.8, 4) is 0 Å². The van der Waals surface area contributed by atoms with Crippen LogP contribution in [0.25, 0.3) is 0 Å². The van der Waals surface area contributed by atoms with Crippen LogP contribution in [0.1, 0.15) is 29.3 Å². The molecule has 136 valence electrons. The predicted molar refractivity (Wildman–Crippen MR) is 99.2 cm³/mol. The molecular formula is C18H24F2N4S. The van der Waals surface area contributed by atoms with Gasteiger partial charge in [-0.3, -0.25) is 4.99 Å².